The van der Waals surface area contributed by atoms with Gasteiger partial charge in [-0.1, -0.05) is 37.4 Å². The first-order valence-electron chi connectivity index (χ1n) is 22.7. The number of carbonyl (C=O) groups excluding carboxylic acids is 6. The predicted octanol–water partition coefficient (Wildman–Crippen LogP) is 10.4. The number of benzene rings is 6. The normalized spacial score (nSPS) is 13.8. The van der Waals surface area contributed by atoms with Crippen molar-refractivity contribution in [3.8, 4) is 46.0 Å². The molecule has 366 valence electrons. The number of hydrogen-bond acceptors (Lipinski definition) is 16. The summed E-state index contributed by atoms with van der Waals surface area (Å²) in [6, 6.07) is 35.3. The number of unbranched alkanes of at least 4 members (excludes halogenated alkanes) is 1. The summed E-state index contributed by atoms with van der Waals surface area (Å²) >= 11 is 0. The molecular formula is C56H46O16. The largest absolute Gasteiger partial charge is 0.519 e. The molecule has 0 aromatic heterocycles. The van der Waals surface area contributed by atoms with Crippen molar-refractivity contribution >= 4 is 36.2 Å². The molecule has 2 aliphatic carbocycles. The second-order valence-electron chi connectivity index (χ2n) is 16.2. The third-order valence-electron chi connectivity index (χ3n) is 11.7. The van der Waals surface area contributed by atoms with E-state index in [9.17, 15) is 28.8 Å². The Hall–Kier alpha value is -9.18. The summed E-state index contributed by atoms with van der Waals surface area (Å²) in [5.41, 5.74) is 3.45. The number of carbonyl (C=O) groups is 6. The average Bonchev–Trinajstić information content (AvgIpc) is 3.97. The topological polar surface area (TPSA) is 195 Å². The first kappa shape index (κ1) is 49.2. The van der Waals surface area contributed by atoms with Gasteiger partial charge < -0.3 is 47.4 Å². The lowest BCUT2D eigenvalue weighted by Crippen LogP contribution is -2.25. The smallest absolute Gasteiger partial charge is 0.494 e. The van der Waals surface area contributed by atoms with Crippen molar-refractivity contribution in [1.29, 1.82) is 0 Å². The number of ether oxygens (including phenoxy) is 10. The lowest BCUT2D eigenvalue weighted by molar-refractivity contribution is -0.144. The molecule has 1 spiro atoms. The van der Waals surface area contributed by atoms with Crippen LogP contribution in [0.1, 0.15) is 68.7 Å². The molecule has 1 unspecified atom stereocenters. The average molecular weight is 975 g/mol. The van der Waals surface area contributed by atoms with Gasteiger partial charge in [-0.25, -0.2) is 28.8 Å². The Labute approximate surface area is 413 Å². The quantitative estimate of drug-likeness (QED) is 0.0185. The van der Waals surface area contributed by atoms with Gasteiger partial charge in [0, 0.05) is 28.7 Å². The molecule has 0 fully saturated rings. The minimum Gasteiger partial charge on any atom is -0.494 e. The highest BCUT2D eigenvalue weighted by atomic mass is 16.7. The molecule has 0 aliphatic heterocycles. The Bertz CT molecular complexity index is 2980. The van der Waals surface area contributed by atoms with Gasteiger partial charge in [-0.2, -0.15) is 0 Å². The van der Waals surface area contributed by atoms with Crippen molar-refractivity contribution in [2.24, 2.45) is 0 Å². The third-order valence-corrected chi connectivity index (χ3v) is 11.7. The fourth-order valence-electron chi connectivity index (χ4n) is 8.38. The van der Waals surface area contributed by atoms with Crippen LogP contribution in [-0.2, 0) is 37.3 Å². The Morgan fingerprint density at radius 1 is 0.444 bits per heavy atom. The maximum atomic E-state index is 13.4. The van der Waals surface area contributed by atoms with Crippen molar-refractivity contribution in [2.45, 2.75) is 43.9 Å². The molecule has 16 nitrogen and oxygen atoms in total. The molecule has 6 aromatic rings. The van der Waals surface area contributed by atoms with Crippen LogP contribution in [0.3, 0.4) is 0 Å². The molecule has 8 rings (SSSR count). The molecule has 72 heavy (non-hydrogen) atoms. The predicted molar refractivity (Wildman–Crippen MR) is 257 cm³/mol. The highest BCUT2D eigenvalue weighted by Crippen LogP contribution is 2.57. The van der Waals surface area contributed by atoms with E-state index in [0.29, 0.717) is 73.7 Å². The monoisotopic (exact) mass is 974 g/mol. The second kappa shape index (κ2) is 23.0. The molecule has 0 amide bonds. The zero-order valence-electron chi connectivity index (χ0n) is 38.7. The van der Waals surface area contributed by atoms with Crippen LogP contribution in [0.2, 0.25) is 0 Å². The summed E-state index contributed by atoms with van der Waals surface area (Å²) in [7, 11) is 0. The van der Waals surface area contributed by atoms with Crippen LogP contribution in [0.4, 0.5) is 9.59 Å². The molecule has 0 saturated heterocycles. The Balaban J connectivity index is 0.843. The lowest BCUT2D eigenvalue weighted by Gasteiger charge is -2.29. The maximum absolute atomic E-state index is 13.4. The van der Waals surface area contributed by atoms with E-state index in [1.807, 2.05) is 18.2 Å². The number of aryl methyl sites for hydroxylation is 2. The van der Waals surface area contributed by atoms with Crippen molar-refractivity contribution in [2.75, 3.05) is 20.0 Å². The molecule has 0 heterocycles. The van der Waals surface area contributed by atoms with Gasteiger partial charge >= 0.3 is 36.2 Å². The molecule has 0 N–H and O–H groups in total. The number of rotatable bonds is 19. The first-order valence-corrected chi connectivity index (χ1v) is 22.7. The Morgan fingerprint density at radius 3 is 1.31 bits per heavy atom. The Kier molecular flexibility index (Phi) is 15.7. The number of esters is 4. The van der Waals surface area contributed by atoms with Gasteiger partial charge in [-0.05, 0) is 159 Å². The highest BCUT2D eigenvalue weighted by molar-refractivity contribution is 5.92. The molecule has 6 aromatic carbocycles. The van der Waals surface area contributed by atoms with E-state index in [1.165, 1.54) is 72.8 Å². The van der Waals surface area contributed by atoms with Crippen molar-refractivity contribution in [1.82, 2.24) is 0 Å². The molecule has 1 atom stereocenters. The zero-order chi connectivity index (χ0) is 50.5. The minimum absolute atomic E-state index is 0.140. The Morgan fingerprint density at radius 2 is 0.847 bits per heavy atom. The minimum atomic E-state index is -0.987. The van der Waals surface area contributed by atoms with Crippen LogP contribution < -0.4 is 37.9 Å². The zero-order valence-corrected chi connectivity index (χ0v) is 38.7. The first-order chi connectivity index (χ1) is 35.0. The van der Waals surface area contributed by atoms with E-state index in [1.54, 1.807) is 42.5 Å². The lowest BCUT2D eigenvalue weighted by atomic mass is 9.76. The molecule has 16 heteroatoms. The van der Waals surface area contributed by atoms with E-state index in [4.69, 9.17) is 47.4 Å². The summed E-state index contributed by atoms with van der Waals surface area (Å²) < 4.78 is 54.6. The number of hydrogen-bond donors (Lipinski definition) is 0. The molecule has 2 aliphatic rings. The highest BCUT2D eigenvalue weighted by Gasteiger charge is 2.49. The summed E-state index contributed by atoms with van der Waals surface area (Å²) in [5, 5.41) is 0. The van der Waals surface area contributed by atoms with Crippen LogP contribution in [0.5, 0.6) is 46.0 Å². The molecular weight excluding hydrogens is 929 g/mol. The van der Waals surface area contributed by atoms with E-state index in [-0.39, 0.29) is 42.0 Å². The summed E-state index contributed by atoms with van der Waals surface area (Å²) in [6.07, 6.45) is 4.16. The standard InChI is InChI=1S/C56H46O16/c1-3-48(57)64-34-6-5-33-63-40-17-13-38(14-18-40)52(59)67-42-21-25-44(26-22-42)69-54(61)71-46-11-7-9-36-29-31-56(50(36)46)32-30-37-10-8-12-47(51(37)56)72-55(62)70-45-27-23-43(24-28-45)68-53(60)39-15-19-41(20-16-39)65-35-66-49(58)4-2/h3-4,7-28H,1-2,5-6,29-35H2. The van der Waals surface area contributed by atoms with Crippen LogP contribution in [0.25, 0.3) is 0 Å². The summed E-state index contributed by atoms with van der Waals surface area (Å²) in [6.45, 7) is 7.02. The van der Waals surface area contributed by atoms with Gasteiger partial charge in [0.15, 0.2) is 0 Å². The van der Waals surface area contributed by atoms with E-state index in [2.05, 4.69) is 13.2 Å². The van der Waals surface area contributed by atoms with E-state index in [0.717, 1.165) is 34.4 Å². The van der Waals surface area contributed by atoms with E-state index < -0.39 is 41.6 Å². The summed E-state index contributed by atoms with van der Waals surface area (Å²) in [4.78, 5) is 74.6. The van der Waals surface area contributed by atoms with Gasteiger partial charge in [0.1, 0.15) is 46.0 Å². The van der Waals surface area contributed by atoms with Crippen molar-refractivity contribution in [3.05, 3.63) is 192 Å². The SMILES string of the molecule is C=CC(=O)OCCCCOc1ccc(C(=O)Oc2ccc(OC(=O)Oc3cccc4c3C3(CC4)CCc4cccc(OC(=O)Oc5ccc(OC(=O)c6ccc(OCOC(=O)C=C)cc6)cc5)c43)cc2)cc1. The summed E-state index contributed by atoms with van der Waals surface area (Å²) in [5.74, 6) is -0.0826. The molecule has 0 bridgehead atoms. The van der Waals surface area contributed by atoms with Crippen LogP contribution in [0, 0.1) is 0 Å². The van der Waals surface area contributed by atoms with Crippen molar-refractivity contribution in [3.63, 3.8) is 0 Å². The molecule has 0 saturated carbocycles. The molecule has 0 radical (unpaired) electrons. The van der Waals surface area contributed by atoms with Crippen LogP contribution >= 0.6 is 0 Å². The van der Waals surface area contributed by atoms with Crippen LogP contribution in [-0.4, -0.2) is 56.2 Å². The van der Waals surface area contributed by atoms with Crippen LogP contribution in [0.15, 0.2) is 159 Å². The number of fused-ring (bicyclic) bond motifs is 4. The fourth-order valence-corrected chi connectivity index (χ4v) is 8.38. The van der Waals surface area contributed by atoms with E-state index >= 15 is 0 Å². The third kappa shape index (κ3) is 12.2. The second-order valence-corrected chi connectivity index (χ2v) is 16.2. The fraction of sp³-hybridized carbons (Fsp3) is 0.179. The van der Waals surface area contributed by atoms with Gasteiger partial charge in [0.2, 0.25) is 6.79 Å². The van der Waals surface area contributed by atoms with Crippen molar-refractivity contribution < 1.29 is 76.1 Å². The maximum Gasteiger partial charge on any atom is 0.519 e. The van der Waals surface area contributed by atoms with Gasteiger partial charge in [0.05, 0.1) is 24.3 Å². The van der Waals surface area contributed by atoms with Gasteiger partial charge in [0.25, 0.3) is 0 Å². The van der Waals surface area contributed by atoms with Gasteiger partial charge in [-0.15, -0.1) is 0 Å². The van der Waals surface area contributed by atoms with Gasteiger partial charge in [-0.3, -0.25) is 0 Å².